The van der Waals surface area contributed by atoms with Gasteiger partial charge in [-0.2, -0.15) is 0 Å². The average molecular weight is 302 g/mol. The van der Waals surface area contributed by atoms with Crippen LogP contribution in [0.5, 0.6) is 5.75 Å². The quantitative estimate of drug-likeness (QED) is 0.742. The van der Waals surface area contributed by atoms with Crippen LogP contribution in [0.4, 0.5) is 4.39 Å². The highest BCUT2D eigenvalue weighted by atomic mass is 19.1. The molecule has 2 aromatic rings. The molecule has 0 aliphatic heterocycles. The molecule has 0 amide bonds. The fraction of sp³-hybridized carbons (Fsp3) is 0.278. The van der Waals surface area contributed by atoms with Gasteiger partial charge in [-0.3, -0.25) is 4.79 Å². The molecule has 0 heterocycles. The Kier molecular flexibility index (Phi) is 5.95. The molecule has 0 aromatic heterocycles. The van der Waals surface area contributed by atoms with Gasteiger partial charge >= 0.3 is 5.97 Å². The summed E-state index contributed by atoms with van der Waals surface area (Å²) in [5.41, 5.74) is 0.637. The van der Waals surface area contributed by atoms with E-state index in [4.69, 9.17) is 4.74 Å². The van der Waals surface area contributed by atoms with Gasteiger partial charge in [0.15, 0.2) is 0 Å². The van der Waals surface area contributed by atoms with E-state index in [0.717, 1.165) is 18.6 Å². The third kappa shape index (κ3) is 4.88. The molecule has 0 fully saturated rings. The minimum absolute atomic E-state index is 0.357. The van der Waals surface area contributed by atoms with Crippen molar-refractivity contribution in [3.8, 4) is 5.75 Å². The summed E-state index contributed by atoms with van der Waals surface area (Å²) >= 11 is 0. The van der Waals surface area contributed by atoms with Gasteiger partial charge in [0.2, 0.25) is 0 Å². The zero-order valence-corrected chi connectivity index (χ0v) is 12.2. The Morgan fingerprint density at radius 2 is 1.73 bits per heavy atom. The molecule has 2 rings (SSSR count). The molecule has 0 radical (unpaired) electrons. The zero-order valence-electron chi connectivity index (χ0n) is 12.2. The van der Waals surface area contributed by atoms with Crippen LogP contribution in [0.1, 0.15) is 30.7 Å². The molecule has 0 bridgehead atoms. The number of carbonyl (C=O) groups is 1. The Morgan fingerprint density at radius 3 is 2.36 bits per heavy atom. The Balaban J connectivity index is 1.78. The first-order chi connectivity index (χ1) is 10.7. The molecule has 0 spiro atoms. The maximum absolute atomic E-state index is 12.9. The van der Waals surface area contributed by atoms with Crippen molar-refractivity contribution in [2.45, 2.75) is 25.2 Å². The Labute approximate surface area is 129 Å². The number of ether oxygens (including phenoxy) is 1. The number of benzene rings is 2. The van der Waals surface area contributed by atoms with Gasteiger partial charge in [-0.05, 0) is 49.1 Å². The van der Waals surface area contributed by atoms with E-state index >= 15 is 0 Å². The summed E-state index contributed by atoms with van der Waals surface area (Å²) in [6.45, 7) is 0.555. The molecule has 1 unspecified atom stereocenters. The first-order valence-corrected chi connectivity index (χ1v) is 7.33. The molecule has 1 N–H and O–H groups in total. The second kappa shape index (κ2) is 8.17. The Morgan fingerprint density at radius 1 is 1.05 bits per heavy atom. The Bertz CT molecular complexity index is 581. The summed E-state index contributed by atoms with van der Waals surface area (Å²) in [5, 5.41) is 9.31. The van der Waals surface area contributed by atoms with Crippen molar-refractivity contribution in [3.05, 3.63) is 66.0 Å². The van der Waals surface area contributed by atoms with Gasteiger partial charge in [0.05, 0.1) is 12.5 Å². The number of hydrogen-bond donors (Lipinski definition) is 1. The molecule has 22 heavy (non-hydrogen) atoms. The highest BCUT2D eigenvalue weighted by Gasteiger charge is 2.19. The lowest BCUT2D eigenvalue weighted by Crippen LogP contribution is -2.12. The maximum atomic E-state index is 12.9. The third-order valence-corrected chi connectivity index (χ3v) is 3.47. The summed E-state index contributed by atoms with van der Waals surface area (Å²) in [6, 6.07) is 15.2. The summed E-state index contributed by atoms with van der Waals surface area (Å²) in [6.07, 6.45) is 2.03. The molecule has 0 aliphatic carbocycles. The molecule has 4 heteroatoms. The fourth-order valence-corrected chi connectivity index (χ4v) is 2.29. The molecule has 0 saturated carbocycles. The number of rotatable bonds is 8. The van der Waals surface area contributed by atoms with E-state index in [1.165, 1.54) is 24.3 Å². The van der Waals surface area contributed by atoms with Gasteiger partial charge in [0.25, 0.3) is 0 Å². The van der Waals surface area contributed by atoms with E-state index in [0.29, 0.717) is 18.6 Å². The second-order valence-electron chi connectivity index (χ2n) is 5.10. The summed E-state index contributed by atoms with van der Waals surface area (Å²) < 4.78 is 18.5. The minimum atomic E-state index is -0.879. The van der Waals surface area contributed by atoms with Crippen LogP contribution in [0.25, 0.3) is 0 Å². The van der Waals surface area contributed by atoms with E-state index in [1.54, 1.807) is 0 Å². The first kappa shape index (κ1) is 16.0. The van der Waals surface area contributed by atoms with E-state index < -0.39 is 11.9 Å². The van der Waals surface area contributed by atoms with Crippen molar-refractivity contribution in [2.75, 3.05) is 6.61 Å². The molecule has 0 aliphatic rings. The summed E-state index contributed by atoms with van der Waals surface area (Å²) in [5.74, 6) is -1.02. The third-order valence-electron chi connectivity index (χ3n) is 3.47. The number of carboxylic acids is 1. The van der Waals surface area contributed by atoms with Crippen molar-refractivity contribution in [3.63, 3.8) is 0 Å². The maximum Gasteiger partial charge on any atom is 0.310 e. The number of para-hydroxylation sites is 1. The molecule has 116 valence electrons. The van der Waals surface area contributed by atoms with Crippen molar-refractivity contribution in [1.29, 1.82) is 0 Å². The van der Waals surface area contributed by atoms with Gasteiger partial charge < -0.3 is 9.84 Å². The monoisotopic (exact) mass is 302 g/mol. The van der Waals surface area contributed by atoms with Crippen LogP contribution < -0.4 is 4.74 Å². The highest BCUT2D eigenvalue weighted by molar-refractivity contribution is 5.75. The molecular weight excluding hydrogens is 283 g/mol. The average Bonchev–Trinajstić information content (AvgIpc) is 2.53. The van der Waals surface area contributed by atoms with Crippen molar-refractivity contribution < 1.29 is 19.0 Å². The standard InChI is InChI=1S/C18H19FO3/c19-15-11-9-14(10-12-15)17(18(20)21)8-4-5-13-22-16-6-2-1-3-7-16/h1-3,6-7,9-12,17H,4-5,8,13H2,(H,20,21). The van der Waals surface area contributed by atoms with Gasteiger partial charge in [0, 0.05) is 0 Å². The topological polar surface area (TPSA) is 46.5 Å². The summed E-state index contributed by atoms with van der Waals surface area (Å²) in [7, 11) is 0. The number of halogens is 1. The Hall–Kier alpha value is -2.36. The van der Waals surface area contributed by atoms with Crippen LogP contribution in [0, 0.1) is 5.82 Å². The molecule has 2 aromatic carbocycles. The SMILES string of the molecule is O=C(O)C(CCCCOc1ccccc1)c1ccc(F)cc1. The van der Waals surface area contributed by atoms with E-state index in [2.05, 4.69) is 0 Å². The molecule has 3 nitrogen and oxygen atoms in total. The lowest BCUT2D eigenvalue weighted by molar-refractivity contribution is -0.139. The zero-order chi connectivity index (χ0) is 15.8. The summed E-state index contributed by atoms with van der Waals surface area (Å²) in [4.78, 5) is 11.3. The lowest BCUT2D eigenvalue weighted by atomic mass is 9.94. The van der Waals surface area contributed by atoms with Gasteiger partial charge in [-0.1, -0.05) is 30.3 Å². The predicted octanol–water partition coefficient (Wildman–Crippen LogP) is 4.24. The fourth-order valence-electron chi connectivity index (χ4n) is 2.29. The van der Waals surface area contributed by atoms with Gasteiger partial charge in [-0.15, -0.1) is 0 Å². The van der Waals surface area contributed by atoms with Crippen molar-refractivity contribution in [2.24, 2.45) is 0 Å². The molecule has 1 atom stereocenters. The minimum Gasteiger partial charge on any atom is -0.494 e. The van der Waals surface area contributed by atoms with Crippen LogP contribution in [0.2, 0.25) is 0 Å². The first-order valence-electron chi connectivity index (χ1n) is 7.33. The molecule has 0 saturated heterocycles. The number of hydrogen-bond acceptors (Lipinski definition) is 2. The van der Waals surface area contributed by atoms with Crippen LogP contribution in [0.15, 0.2) is 54.6 Å². The number of carboxylic acid groups (broad SMARTS) is 1. The van der Waals surface area contributed by atoms with E-state index in [9.17, 15) is 14.3 Å². The predicted molar refractivity (Wildman–Crippen MR) is 82.6 cm³/mol. The smallest absolute Gasteiger partial charge is 0.310 e. The number of aliphatic carboxylic acids is 1. The largest absolute Gasteiger partial charge is 0.494 e. The van der Waals surface area contributed by atoms with Gasteiger partial charge in [-0.25, -0.2) is 4.39 Å². The normalized spacial score (nSPS) is 11.9. The number of unbranched alkanes of at least 4 members (excludes halogenated alkanes) is 1. The van der Waals surface area contributed by atoms with E-state index in [1.807, 2.05) is 30.3 Å². The van der Waals surface area contributed by atoms with E-state index in [-0.39, 0.29) is 5.82 Å². The van der Waals surface area contributed by atoms with Crippen molar-refractivity contribution in [1.82, 2.24) is 0 Å². The van der Waals surface area contributed by atoms with Crippen LogP contribution in [0.3, 0.4) is 0 Å². The van der Waals surface area contributed by atoms with Crippen LogP contribution in [-0.4, -0.2) is 17.7 Å². The van der Waals surface area contributed by atoms with Crippen molar-refractivity contribution >= 4 is 5.97 Å². The van der Waals surface area contributed by atoms with Gasteiger partial charge in [0.1, 0.15) is 11.6 Å². The van der Waals surface area contributed by atoms with Crippen LogP contribution >= 0.6 is 0 Å². The highest BCUT2D eigenvalue weighted by Crippen LogP contribution is 2.23. The molecular formula is C18H19FO3. The second-order valence-corrected chi connectivity index (χ2v) is 5.10. The lowest BCUT2D eigenvalue weighted by Gasteiger charge is -2.13. The van der Waals surface area contributed by atoms with Crippen LogP contribution in [-0.2, 0) is 4.79 Å².